The number of hydrogen-bond donors (Lipinski definition) is 1. The molecule has 1 unspecified atom stereocenters. The quantitative estimate of drug-likeness (QED) is 0.535. The highest BCUT2D eigenvalue weighted by Crippen LogP contribution is 2.63. The van der Waals surface area contributed by atoms with Crippen LogP contribution in [0.25, 0.3) is 11.2 Å². The monoisotopic (exact) mass is 505 g/mol. The summed E-state index contributed by atoms with van der Waals surface area (Å²) < 4.78 is 25.7. The van der Waals surface area contributed by atoms with Gasteiger partial charge in [0.1, 0.15) is 30.2 Å². The summed E-state index contributed by atoms with van der Waals surface area (Å²) in [5, 5.41) is 10.5. The minimum absolute atomic E-state index is 0.217. The molecule has 1 amide bonds. The Morgan fingerprint density at radius 3 is 2.76 bits per heavy atom. The van der Waals surface area contributed by atoms with E-state index in [9.17, 15) is 9.90 Å². The third-order valence-corrected chi connectivity index (χ3v) is 6.58. The average Bonchev–Trinajstić information content (AvgIpc) is 3.19. The lowest BCUT2D eigenvalue weighted by molar-refractivity contribution is -0.183. The average molecular weight is 506 g/mol. The maximum Gasteiger partial charge on any atom is 0.420 e. The van der Waals surface area contributed by atoms with Crippen LogP contribution in [-0.2, 0) is 18.9 Å². The van der Waals surface area contributed by atoms with E-state index < -0.39 is 47.6 Å². The highest BCUT2D eigenvalue weighted by Gasteiger charge is 2.83. The number of fused-ring (bicyclic) bond motifs is 1. The van der Waals surface area contributed by atoms with E-state index in [1.54, 1.807) is 69.8 Å². The summed E-state index contributed by atoms with van der Waals surface area (Å²) in [5.41, 5.74) is 0.121. The highest BCUT2D eigenvalue weighted by molar-refractivity contribution is 6.01. The number of hydrogen-bond acceptors (Lipinski definition) is 9. The lowest BCUT2D eigenvalue weighted by Crippen LogP contribution is -2.35. The van der Waals surface area contributed by atoms with Crippen molar-refractivity contribution < 1.29 is 28.8 Å². The fourth-order valence-electron chi connectivity index (χ4n) is 5.13. The summed E-state index contributed by atoms with van der Waals surface area (Å²) in [5.74, 6) is 1.92. The number of nitrogens with zero attached hydrogens (tertiary/aromatic N) is 5. The molecule has 5 atom stereocenters. The number of imidazole rings is 1. The molecule has 1 spiro atoms. The van der Waals surface area contributed by atoms with Crippen molar-refractivity contribution in [2.45, 2.75) is 76.1 Å². The first-order chi connectivity index (χ1) is 17.4. The van der Waals surface area contributed by atoms with E-state index in [-0.39, 0.29) is 5.82 Å². The summed E-state index contributed by atoms with van der Waals surface area (Å²) in [6.45, 7) is 8.94. The third kappa shape index (κ3) is 3.59. The molecule has 11 nitrogen and oxygen atoms in total. The molecule has 1 saturated carbocycles. The van der Waals surface area contributed by atoms with Crippen molar-refractivity contribution in [2.75, 3.05) is 4.90 Å². The second kappa shape index (κ2) is 7.72. The van der Waals surface area contributed by atoms with Gasteiger partial charge in [0.2, 0.25) is 0 Å². The van der Waals surface area contributed by atoms with Crippen LogP contribution >= 0.6 is 0 Å². The molecule has 2 aliphatic heterocycles. The normalized spacial score (nSPS) is 29.4. The van der Waals surface area contributed by atoms with E-state index in [1.165, 1.54) is 11.2 Å². The number of ether oxygens (including phenoxy) is 4. The zero-order chi connectivity index (χ0) is 26.3. The van der Waals surface area contributed by atoms with Crippen LogP contribution in [0.3, 0.4) is 0 Å². The van der Waals surface area contributed by atoms with Crippen LogP contribution in [0.15, 0.2) is 36.9 Å². The molecule has 192 valence electrons. The van der Waals surface area contributed by atoms with Gasteiger partial charge < -0.3 is 24.1 Å². The predicted molar refractivity (Wildman–Crippen MR) is 131 cm³/mol. The van der Waals surface area contributed by atoms with Crippen LogP contribution in [0.1, 0.15) is 46.4 Å². The van der Waals surface area contributed by atoms with Crippen molar-refractivity contribution in [3.63, 3.8) is 0 Å². The number of aliphatic hydroxyl groups excluding tert-OH is 1. The summed E-state index contributed by atoms with van der Waals surface area (Å²) in [6.07, 6.45) is 5.33. The van der Waals surface area contributed by atoms with Crippen molar-refractivity contribution in [3.8, 4) is 12.3 Å². The van der Waals surface area contributed by atoms with E-state index in [2.05, 4.69) is 20.9 Å². The molecule has 0 bridgehead atoms. The van der Waals surface area contributed by atoms with Gasteiger partial charge in [0, 0.05) is 5.56 Å². The number of terminal acetylenes is 1. The Morgan fingerprint density at radius 2 is 2.03 bits per heavy atom. The van der Waals surface area contributed by atoms with Crippen LogP contribution in [0.2, 0.25) is 0 Å². The second-order valence-corrected chi connectivity index (χ2v) is 10.8. The molecular weight excluding hydrogens is 478 g/mol. The lowest BCUT2D eigenvalue weighted by Gasteiger charge is -2.27. The van der Waals surface area contributed by atoms with Crippen LogP contribution < -0.4 is 4.90 Å². The van der Waals surface area contributed by atoms with Gasteiger partial charge in [-0.2, -0.15) is 0 Å². The third-order valence-electron chi connectivity index (χ3n) is 6.58. The van der Waals surface area contributed by atoms with Crippen LogP contribution in [0.4, 0.5) is 16.3 Å². The molecule has 37 heavy (non-hydrogen) atoms. The molecule has 3 aliphatic rings. The largest absolute Gasteiger partial charge is 0.443 e. The molecule has 2 aromatic heterocycles. The SMILES string of the molecule is C#Cc1cccc(N(C(=O)OC(C)(C)C)c2ncnc3c2ncn3[C@@H]2O[C@@H]3C(O)[C@@]34OC(C)(C)O[C@@H]24)c1. The second-order valence-electron chi connectivity index (χ2n) is 10.8. The number of aromatic nitrogens is 4. The van der Waals surface area contributed by atoms with Gasteiger partial charge in [-0.05, 0) is 52.8 Å². The van der Waals surface area contributed by atoms with Crippen LogP contribution in [-0.4, -0.2) is 66.0 Å². The van der Waals surface area contributed by atoms with Gasteiger partial charge in [0.25, 0.3) is 0 Å². The Bertz CT molecular complexity index is 1460. The number of anilines is 2. The molecule has 6 rings (SSSR count). The molecular formula is C26H27N5O6. The number of amides is 1. The van der Waals surface area contributed by atoms with Gasteiger partial charge in [-0.25, -0.2) is 24.6 Å². The first-order valence-electron chi connectivity index (χ1n) is 11.9. The van der Waals surface area contributed by atoms with E-state index in [1.807, 2.05) is 0 Å². The Morgan fingerprint density at radius 1 is 1.24 bits per heavy atom. The predicted octanol–water partition coefficient (Wildman–Crippen LogP) is 3.04. The van der Waals surface area contributed by atoms with E-state index in [0.717, 1.165) is 0 Å². The number of aliphatic hydroxyl groups is 1. The van der Waals surface area contributed by atoms with Crippen molar-refractivity contribution >= 4 is 28.8 Å². The number of rotatable bonds is 3. The van der Waals surface area contributed by atoms with Gasteiger partial charge >= 0.3 is 6.09 Å². The van der Waals surface area contributed by atoms with Gasteiger partial charge in [-0.1, -0.05) is 12.0 Å². The smallest absolute Gasteiger partial charge is 0.420 e. The van der Waals surface area contributed by atoms with E-state index in [4.69, 9.17) is 25.4 Å². The number of benzene rings is 1. The van der Waals surface area contributed by atoms with Crippen molar-refractivity contribution in [1.82, 2.24) is 19.5 Å². The van der Waals surface area contributed by atoms with E-state index >= 15 is 0 Å². The van der Waals surface area contributed by atoms with Gasteiger partial charge in [0.15, 0.2) is 34.6 Å². The zero-order valence-electron chi connectivity index (χ0n) is 21.1. The highest BCUT2D eigenvalue weighted by atomic mass is 16.8. The Hall–Kier alpha value is -3.56. The summed E-state index contributed by atoms with van der Waals surface area (Å²) in [6, 6.07) is 6.94. The zero-order valence-corrected chi connectivity index (χ0v) is 21.1. The fraction of sp³-hybridized carbons (Fsp3) is 0.462. The van der Waals surface area contributed by atoms with Crippen LogP contribution in [0.5, 0.6) is 0 Å². The first-order valence-corrected chi connectivity index (χ1v) is 11.9. The molecule has 2 saturated heterocycles. The molecule has 3 aromatic rings. The Balaban J connectivity index is 1.44. The maximum absolute atomic E-state index is 13.4. The van der Waals surface area contributed by atoms with Gasteiger partial charge in [0.05, 0.1) is 12.0 Å². The molecule has 3 fully saturated rings. The minimum Gasteiger partial charge on any atom is -0.443 e. The summed E-state index contributed by atoms with van der Waals surface area (Å²) >= 11 is 0. The summed E-state index contributed by atoms with van der Waals surface area (Å²) in [7, 11) is 0. The molecule has 1 N–H and O–H groups in total. The number of carbonyl (C=O) groups is 1. The lowest BCUT2D eigenvalue weighted by atomic mass is 10.1. The number of carbonyl (C=O) groups excluding carboxylic acids is 1. The first kappa shape index (κ1) is 23.8. The maximum atomic E-state index is 13.4. The van der Waals surface area contributed by atoms with Crippen LogP contribution in [0, 0.1) is 12.3 Å². The van der Waals surface area contributed by atoms with E-state index in [0.29, 0.717) is 22.4 Å². The standard InChI is InChI=1S/C26H27N5O6/c1-7-14-9-8-10-15(11-14)31(23(33)36-24(2,3)4)21-16-20(27-12-28-21)30(13-29-16)22-19-26(17(32)18(26)34-22)37-25(5,6)35-19/h1,8-13,17-19,22,32H,2-6H3/t17?,18-,19+,22-,26-/m1/s1. The Labute approximate surface area is 213 Å². The van der Waals surface area contributed by atoms with Crippen molar-refractivity contribution in [2.24, 2.45) is 0 Å². The molecule has 0 radical (unpaired) electrons. The fourth-order valence-corrected chi connectivity index (χ4v) is 5.13. The molecule has 11 heteroatoms. The minimum atomic E-state index is -0.932. The topological polar surface area (TPSA) is 121 Å². The summed E-state index contributed by atoms with van der Waals surface area (Å²) in [4.78, 5) is 28.2. The molecule has 4 heterocycles. The van der Waals surface area contributed by atoms with Crippen molar-refractivity contribution in [3.05, 3.63) is 42.5 Å². The molecule has 1 aromatic carbocycles. The van der Waals surface area contributed by atoms with Gasteiger partial charge in [-0.3, -0.25) is 4.57 Å². The molecule has 1 aliphatic carbocycles. The van der Waals surface area contributed by atoms with Gasteiger partial charge in [-0.15, -0.1) is 6.42 Å². The van der Waals surface area contributed by atoms with Crippen molar-refractivity contribution in [1.29, 1.82) is 0 Å². The Kier molecular flexibility index (Phi) is 4.97.